The maximum absolute atomic E-state index is 13.0. The maximum atomic E-state index is 13.0. The van der Waals surface area contributed by atoms with Gasteiger partial charge in [0.2, 0.25) is 0 Å². The van der Waals surface area contributed by atoms with Crippen LogP contribution < -0.4 is 5.56 Å². The van der Waals surface area contributed by atoms with Gasteiger partial charge in [0.05, 0.1) is 0 Å². The molecule has 0 aliphatic heterocycles. The lowest BCUT2D eigenvalue weighted by Crippen LogP contribution is -2.18. The Hall–Kier alpha value is -3.01. The van der Waals surface area contributed by atoms with Crippen molar-refractivity contribution in [2.75, 3.05) is 0 Å². The first-order chi connectivity index (χ1) is 14.6. The lowest BCUT2D eigenvalue weighted by Gasteiger charge is -2.40. The quantitative estimate of drug-likeness (QED) is 0.295. The number of carbonyl (C=O) groups excluding carboxylic acids is 1. The Kier molecular flexibility index (Phi) is 5.57. The molecule has 1 heterocycles. The third-order valence-electron chi connectivity index (χ3n) is 5.04. The number of hydrogen-bond donors (Lipinski definition) is 1. The number of carbonyl (C=O) groups is 1. The van der Waals surface area contributed by atoms with E-state index in [1.54, 1.807) is 44.2 Å². The van der Waals surface area contributed by atoms with Crippen LogP contribution in [0.15, 0.2) is 70.4 Å². The molecule has 0 radical (unpaired) electrons. The van der Waals surface area contributed by atoms with E-state index in [0.717, 1.165) is 18.2 Å². The van der Waals surface area contributed by atoms with Gasteiger partial charge < -0.3 is 4.98 Å². The Morgan fingerprint density at radius 2 is 1.56 bits per heavy atom. The fourth-order valence-electron chi connectivity index (χ4n) is 3.35. The number of Topliss-reactive ketones (excluding diaryl/α,β-unsaturated/α-hetero) is 1. The number of halogens is 5. The minimum atomic E-state index is -9.77. The average Bonchev–Trinajstić information content (AvgIpc) is 2.70. The zero-order valence-corrected chi connectivity index (χ0v) is 18.0. The third-order valence-corrected chi connectivity index (χ3v) is 6.20. The highest BCUT2D eigenvalue weighted by Crippen LogP contribution is 3.02. The number of rotatable bonds is 7. The Bertz CT molecular complexity index is 1190. The standard InChI is InChI=1S/C22H21F5N2O2S/c1-14(2)18(15-8-10-17(11-9-15)32(23,24,25,26)27)12-20(30)19-13-21(31)29-22(28-19)16-6-4-3-5-7-16/h3-11,13-14,18H,12H2,1-2H3,(H,28,29,31)/t18-/m1/s1. The van der Waals surface area contributed by atoms with E-state index < -0.39 is 32.4 Å². The molecule has 0 amide bonds. The lowest BCUT2D eigenvalue weighted by molar-refractivity contribution is 0.0961. The van der Waals surface area contributed by atoms with Crippen LogP contribution in [-0.4, -0.2) is 15.8 Å². The van der Waals surface area contributed by atoms with E-state index in [0.29, 0.717) is 23.3 Å². The normalized spacial score (nSPS) is 15.1. The first-order valence-electron chi connectivity index (χ1n) is 9.68. The predicted molar refractivity (Wildman–Crippen MR) is 115 cm³/mol. The number of hydrogen-bond acceptors (Lipinski definition) is 3. The zero-order chi connectivity index (χ0) is 23.8. The molecule has 3 aromatic rings. The second-order valence-corrected chi connectivity index (χ2v) is 10.3. The number of H-pyrrole nitrogens is 1. The summed E-state index contributed by atoms with van der Waals surface area (Å²) in [6.45, 7) is 3.52. The second kappa shape index (κ2) is 7.54. The second-order valence-electron chi connectivity index (χ2n) is 7.86. The molecule has 1 N–H and O–H groups in total. The summed E-state index contributed by atoms with van der Waals surface area (Å²) in [6, 6.07) is 12.4. The van der Waals surface area contributed by atoms with Crippen molar-refractivity contribution >= 4 is 16.0 Å². The molecular weight excluding hydrogens is 451 g/mol. The maximum Gasteiger partial charge on any atom is 0.310 e. The topological polar surface area (TPSA) is 62.8 Å². The van der Waals surface area contributed by atoms with Crippen molar-refractivity contribution in [2.24, 2.45) is 5.92 Å². The zero-order valence-electron chi connectivity index (χ0n) is 17.2. The summed E-state index contributed by atoms with van der Waals surface area (Å²) in [6.07, 6.45) is -0.155. The smallest absolute Gasteiger partial charge is 0.306 e. The van der Waals surface area contributed by atoms with Crippen LogP contribution in [0.5, 0.6) is 0 Å². The van der Waals surface area contributed by atoms with Crippen molar-refractivity contribution in [3.63, 3.8) is 0 Å². The monoisotopic (exact) mass is 472 g/mol. The van der Waals surface area contributed by atoms with Gasteiger partial charge in [0, 0.05) is 18.1 Å². The molecule has 3 rings (SSSR count). The van der Waals surface area contributed by atoms with Gasteiger partial charge in [-0.3, -0.25) is 9.59 Å². The van der Waals surface area contributed by atoms with Crippen molar-refractivity contribution in [2.45, 2.75) is 31.1 Å². The van der Waals surface area contributed by atoms with Gasteiger partial charge in [-0.1, -0.05) is 75.7 Å². The van der Waals surface area contributed by atoms with Crippen LogP contribution in [-0.2, 0) is 0 Å². The Labute approximate surface area is 181 Å². The molecule has 0 unspecified atom stereocenters. The summed E-state index contributed by atoms with van der Waals surface area (Å²) in [5.74, 6) is -1.02. The molecule has 0 aliphatic rings. The van der Waals surface area contributed by atoms with Crippen LogP contribution in [0.2, 0.25) is 0 Å². The molecule has 0 bridgehead atoms. The van der Waals surface area contributed by atoms with Gasteiger partial charge in [0.25, 0.3) is 5.56 Å². The molecule has 0 saturated carbocycles. The predicted octanol–water partition coefficient (Wildman–Crippen LogP) is 7.11. The van der Waals surface area contributed by atoms with Crippen LogP contribution >= 0.6 is 10.2 Å². The molecule has 1 atom stereocenters. The van der Waals surface area contributed by atoms with Crippen molar-refractivity contribution in [1.82, 2.24) is 9.97 Å². The van der Waals surface area contributed by atoms with Gasteiger partial charge in [0.15, 0.2) is 5.78 Å². The van der Waals surface area contributed by atoms with Crippen molar-refractivity contribution < 1.29 is 24.2 Å². The molecule has 0 saturated heterocycles. The molecule has 2 aromatic carbocycles. The van der Waals surface area contributed by atoms with Gasteiger partial charge in [-0.2, -0.15) is 0 Å². The van der Waals surface area contributed by atoms with E-state index in [4.69, 9.17) is 0 Å². The first kappa shape index (κ1) is 23.6. The SMILES string of the molecule is CC(C)[C@@H](CC(=O)c1cc(=O)[nH]c(-c2ccccc2)n1)c1ccc(S(F)(F)(F)(F)F)cc1. The Morgan fingerprint density at radius 3 is 2.09 bits per heavy atom. The number of nitrogens with one attached hydrogen (secondary N) is 1. The van der Waals surface area contributed by atoms with E-state index >= 15 is 0 Å². The first-order valence-corrected chi connectivity index (χ1v) is 11.6. The number of aromatic nitrogens is 2. The van der Waals surface area contributed by atoms with Crippen LogP contribution in [0.1, 0.15) is 42.2 Å². The van der Waals surface area contributed by atoms with Gasteiger partial charge in [-0.25, -0.2) is 4.98 Å². The van der Waals surface area contributed by atoms with E-state index in [9.17, 15) is 29.0 Å². The number of ketones is 1. The van der Waals surface area contributed by atoms with E-state index in [1.807, 2.05) is 0 Å². The fourth-order valence-corrected chi connectivity index (χ4v) is 4.00. The number of nitrogens with zero attached hydrogens (tertiary/aromatic N) is 1. The Morgan fingerprint density at radius 1 is 0.969 bits per heavy atom. The molecule has 32 heavy (non-hydrogen) atoms. The van der Waals surface area contributed by atoms with Gasteiger partial charge in [0.1, 0.15) is 16.4 Å². The molecule has 0 aliphatic carbocycles. The summed E-state index contributed by atoms with van der Waals surface area (Å²) in [4.78, 5) is 29.7. The summed E-state index contributed by atoms with van der Waals surface area (Å²) in [7, 11) is -9.77. The van der Waals surface area contributed by atoms with E-state index in [2.05, 4.69) is 9.97 Å². The molecular formula is C22H21F5N2O2S. The molecule has 172 valence electrons. The van der Waals surface area contributed by atoms with Crippen LogP contribution in [0.3, 0.4) is 0 Å². The molecule has 10 heteroatoms. The van der Waals surface area contributed by atoms with Crippen LogP contribution in [0.4, 0.5) is 19.4 Å². The highest BCUT2D eigenvalue weighted by Gasteiger charge is 2.65. The minimum Gasteiger partial charge on any atom is -0.306 e. The largest absolute Gasteiger partial charge is 0.310 e. The third kappa shape index (κ3) is 5.61. The summed E-state index contributed by atoms with van der Waals surface area (Å²) < 4.78 is 65.0. The van der Waals surface area contributed by atoms with Crippen molar-refractivity contribution in [1.29, 1.82) is 0 Å². The molecule has 1 aromatic heterocycles. The number of aromatic amines is 1. The molecule has 0 spiro atoms. The van der Waals surface area contributed by atoms with Crippen LogP contribution in [0.25, 0.3) is 11.4 Å². The minimum absolute atomic E-state index is 0.0816. The Balaban J connectivity index is 1.90. The molecule has 0 fully saturated rings. The van der Waals surface area contributed by atoms with Gasteiger partial charge in [-0.05, 0) is 29.5 Å². The number of benzene rings is 2. The highest BCUT2D eigenvalue weighted by atomic mass is 32.5. The van der Waals surface area contributed by atoms with E-state index in [1.165, 1.54) is 0 Å². The van der Waals surface area contributed by atoms with Gasteiger partial charge in [-0.15, -0.1) is 0 Å². The fraction of sp³-hybridized carbons (Fsp3) is 0.227. The lowest BCUT2D eigenvalue weighted by atomic mass is 9.84. The van der Waals surface area contributed by atoms with Crippen molar-refractivity contribution in [3.05, 3.63) is 82.3 Å². The summed E-state index contributed by atoms with van der Waals surface area (Å²) in [5, 5.41) is 0. The van der Waals surface area contributed by atoms with Crippen molar-refractivity contribution in [3.8, 4) is 11.4 Å². The summed E-state index contributed by atoms with van der Waals surface area (Å²) in [5.41, 5.74) is 0.309. The molecule has 4 nitrogen and oxygen atoms in total. The van der Waals surface area contributed by atoms with E-state index in [-0.39, 0.29) is 23.9 Å². The average molecular weight is 472 g/mol. The van der Waals surface area contributed by atoms with Gasteiger partial charge >= 0.3 is 10.2 Å². The summed E-state index contributed by atoms with van der Waals surface area (Å²) >= 11 is 0. The highest BCUT2D eigenvalue weighted by molar-refractivity contribution is 8.45. The van der Waals surface area contributed by atoms with Crippen LogP contribution in [0, 0.1) is 5.92 Å².